The van der Waals surface area contributed by atoms with Crippen LogP contribution in [0.1, 0.15) is 34.1 Å². The van der Waals surface area contributed by atoms with Gasteiger partial charge in [0.15, 0.2) is 11.6 Å². The largest absolute Gasteiger partial charge is 0.294 e. The molecule has 0 spiro atoms. The molecule has 2 heteroatoms. The Bertz CT molecular complexity index is 613. The van der Waals surface area contributed by atoms with Crippen LogP contribution < -0.4 is 0 Å². The fourth-order valence-corrected chi connectivity index (χ4v) is 4.22. The molecule has 0 saturated heterocycles. The maximum atomic E-state index is 12.8. The monoisotopic (exact) mass is 238 g/mol. The molecule has 4 rings (SSSR count). The summed E-state index contributed by atoms with van der Waals surface area (Å²) in [7, 11) is 0. The van der Waals surface area contributed by atoms with E-state index in [-0.39, 0.29) is 29.3 Å². The van der Waals surface area contributed by atoms with Crippen LogP contribution in [0.3, 0.4) is 0 Å². The Morgan fingerprint density at radius 1 is 1.11 bits per heavy atom. The maximum Gasteiger partial charge on any atom is 0.170 e. The zero-order valence-electron chi connectivity index (χ0n) is 10.2. The van der Waals surface area contributed by atoms with Crippen LogP contribution in [0.15, 0.2) is 36.4 Å². The highest BCUT2D eigenvalue weighted by atomic mass is 16.1. The predicted octanol–water partition coefficient (Wildman–Crippen LogP) is 2.89. The van der Waals surface area contributed by atoms with Gasteiger partial charge >= 0.3 is 0 Å². The summed E-state index contributed by atoms with van der Waals surface area (Å²) >= 11 is 0. The number of fused-ring (bicyclic) bond motifs is 6. The van der Waals surface area contributed by atoms with Crippen LogP contribution in [0.5, 0.6) is 0 Å². The molecular weight excluding hydrogens is 224 g/mol. The number of carbonyl (C=O) groups excluding carboxylic acids is 2. The van der Waals surface area contributed by atoms with E-state index in [9.17, 15) is 9.59 Å². The lowest BCUT2D eigenvalue weighted by atomic mass is 9.59. The Hall–Kier alpha value is -1.70. The first-order valence-corrected chi connectivity index (χ1v) is 6.50. The lowest BCUT2D eigenvalue weighted by molar-refractivity contribution is 0.0552. The third kappa shape index (κ3) is 0.925. The molecule has 4 atom stereocenters. The zero-order valence-corrected chi connectivity index (χ0v) is 10.2. The van der Waals surface area contributed by atoms with Gasteiger partial charge < -0.3 is 0 Å². The normalized spacial score (nSPS) is 39.9. The molecular formula is C16H14O2. The second-order valence-electron chi connectivity index (χ2n) is 5.89. The molecule has 0 aromatic heterocycles. The Balaban J connectivity index is 2.00. The molecule has 0 heterocycles. The quantitative estimate of drug-likeness (QED) is 0.651. The molecule has 3 aliphatic rings. The maximum absolute atomic E-state index is 12.8. The van der Waals surface area contributed by atoms with Crippen molar-refractivity contribution >= 4 is 11.6 Å². The van der Waals surface area contributed by atoms with E-state index >= 15 is 0 Å². The van der Waals surface area contributed by atoms with Gasteiger partial charge in [0, 0.05) is 22.5 Å². The van der Waals surface area contributed by atoms with Crippen molar-refractivity contribution in [3.05, 3.63) is 47.5 Å². The number of benzene rings is 1. The summed E-state index contributed by atoms with van der Waals surface area (Å²) in [4.78, 5) is 25.4. The molecule has 0 amide bonds. The van der Waals surface area contributed by atoms with E-state index in [4.69, 9.17) is 0 Å². The summed E-state index contributed by atoms with van der Waals surface area (Å²) in [6, 6.07) is 7.28. The second kappa shape index (κ2) is 3.00. The van der Waals surface area contributed by atoms with Crippen LogP contribution in [0.4, 0.5) is 0 Å². The highest BCUT2D eigenvalue weighted by Gasteiger charge is 2.62. The van der Waals surface area contributed by atoms with Gasteiger partial charge in [0.2, 0.25) is 0 Å². The predicted molar refractivity (Wildman–Crippen MR) is 67.4 cm³/mol. The van der Waals surface area contributed by atoms with Crippen molar-refractivity contribution in [3.63, 3.8) is 0 Å². The Morgan fingerprint density at radius 2 is 1.83 bits per heavy atom. The van der Waals surface area contributed by atoms with E-state index in [2.05, 4.69) is 12.2 Å². The summed E-state index contributed by atoms with van der Waals surface area (Å²) in [6.45, 7) is 1.99. The van der Waals surface area contributed by atoms with E-state index in [0.717, 1.165) is 6.42 Å². The molecule has 1 aromatic carbocycles. The van der Waals surface area contributed by atoms with Crippen molar-refractivity contribution in [3.8, 4) is 0 Å². The summed E-state index contributed by atoms with van der Waals surface area (Å²) in [5, 5.41) is 0. The molecule has 1 aromatic rings. The molecule has 90 valence electrons. The minimum absolute atomic E-state index is 0.130. The SMILES string of the molecule is CC12C(=O)c3ccccc3C(=O)C1C1C=CC2C1. The van der Waals surface area contributed by atoms with Crippen molar-refractivity contribution in [2.45, 2.75) is 13.3 Å². The summed E-state index contributed by atoms with van der Waals surface area (Å²) in [5.74, 6) is 0.723. The van der Waals surface area contributed by atoms with Crippen molar-refractivity contribution in [1.29, 1.82) is 0 Å². The molecule has 2 nitrogen and oxygen atoms in total. The minimum Gasteiger partial charge on any atom is -0.294 e. The molecule has 1 fully saturated rings. The fourth-order valence-electron chi connectivity index (χ4n) is 4.22. The lowest BCUT2D eigenvalue weighted by Crippen LogP contribution is -2.47. The highest BCUT2D eigenvalue weighted by Crippen LogP contribution is 2.60. The number of hydrogen-bond donors (Lipinski definition) is 0. The first-order chi connectivity index (χ1) is 8.64. The van der Waals surface area contributed by atoms with Crippen LogP contribution >= 0.6 is 0 Å². The smallest absolute Gasteiger partial charge is 0.170 e. The fraction of sp³-hybridized carbons (Fsp3) is 0.375. The molecule has 18 heavy (non-hydrogen) atoms. The van der Waals surface area contributed by atoms with Gasteiger partial charge in [0.1, 0.15) is 0 Å². The molecule has 0 aliphatic heterocycles. The third-order valence-corrected chi connectivity index (χ3v) is 5.17. The number of allylic oxidation sites excluding steroid dienone is 2. The van der Waals surface area contributed by atoms with Crippen LogP contribution in [-0.2, 0) is 0 Å². The Morgan fingerprint density at radius 3 is 2.61 bits per heavy atom. The summed E-state index contributed by atoms with van der Waals surface area (Å²) < 4.78 is 0. The second-order valence-corrected chi connectivity index (χ2v) is 5.89. The van der Waals surface area contributed by atoms with Crippen LogP contribution in [0.2, 0.25) is 0 Å². The highest BCUT2D eigenvalue weighted by molar-refractivity contribution is 6.18. The van der Waals surface area contributed by atoms with Crippen LogP contribution in [0, 0.1) is 23.2 Å². The molecule has 0 N–H and O–H groups in total. The van der Waals surface area contributed by atoms with Gasteiger partial charge in [-0.15, -0.1) is 0 Å². The van der Waals surface area contributed by atoms with Gasteiger partial charge in [0.05, 0.1) is 0 Å². The average molecular weight is 238 g/mol. The molecule has 1 saturated carbocycles. The van der Waals surface area contributed by atoms with E-state index in [1.807, 2.05) is 19.1 Å². The van der Waals surface area contributed by atoms with Crippen molar-refractivity contribution in [2.75, 3.05) is 0 Å². The standard InChI is InChI=1S/C16H14O2/c1-16-10-7-6-9(8-10)13(16)14(17)11-4-2-3-5-12(11)15(16)18/h2-7,9-10,13H,8H2,1H3. The molecule has 4 unspecified atom stereocenters. The van der Waals surface area contributed by atoms with Gasteiger partial charge in [-0.05, 0) is 18.3 Å². The van der Waals surface area contributed by atoms with E-state index in [1.165, 1.54) is 0 Å². The average Bonchev–Trinajstić information content (AvgIpc) is 2.96. The molecule has 3 aliphatic carbocycles. The third-order valence-electron chi connectivity index (χ3n) is 5.17. The van der Waals surface area contributed by atoms with Gasteiger partial charge in [-0.1, -0.05) is 43.3 Å². The van der Waals surface area contributed by atoms with Gasteiger partial charge in [-0.25, -0.2) is 0 Å². The first kappa shape index (κ1) is 10.2. The number of rotatable bonds is 0. The van der Waals surface area contributed by atoms with Gasteiger partial charge in [0.25, 0.3) is 0 Å². The van der Waals surface area contributed by atoms with E-state index in [0.29, 0.717) is 11.1 Å². The number of Topliss-reactive ketones (excluding diaryl/α,β-unsaturated/α-hetero) is 2. The number of hydrogen-bond acceptors (Lipinski definition) is 2. The Kier molecular flexibility index (Phi) is 1.71. The van der Waals surface area contributed by atoms with Crippen molar-refractivity contribution in [1.82, 2.24) is 0 Å². The number of carbonyl (C=O) groups is 2. The molecule has 2 bridgehead atoms. The van der Waals surface area contributed by atoms with Gasteiger partial charge in [-0.3, -0.25) is 9.59 Å². The van der Waals surface area contributed by atoms with Crippen LogP contribution in [-0.4, -0.2) is 11.6 Å². The van der Waals surface area contributed by atoms with Crippen LogP contribution in [0.25, 0.3) is 0 Å². The summed E-state index contributed by atoms with van der Waals surface area (Å²) in [5.41, 5.74) is 0.762. The van der Waals surface area contributed by atoms with Crippen molar-refractivity contribution < 1.29 is 9.59 Å². The van der Waals surface area contributed by atoms with E-state index in [1.54, 1.807) is 12.1 Å². The molecule has 0 radical (unpaired) electrons. The first-order valence-electron chi connectivity index (χ1n) is 6.50. The number of ketones is 2. The van der Waals surface area contributed by atoms with Gasteiger partial charge in [-0.2, -0.15) is 0 Å². The van der Waals surface area contributed by atoms with Crippen molar-refractivity contribution in [2.24, 2.45) is 23.2 Å². The topological polar surface area (TPSA) is 34.1 Å². The Labute approximate surface area is 106 Å². The minimum atomic E-state index is -0.495. The zero-order chi connectivity index (χ0) is 12.5. The van der Waals surface area contributed by atoms with E-state index < -0.39 is 5.41 Å². The summed E-state index contributed by atoms with van der Waals surface area (Å²) in [6.07, 6.45) is 5.24. The lowest BCUT2D eigenvalue weighted by Gasteiger charge is -2.40.